The lowest BCUT2D eigenvalue weighted by molar-refractivity contribution is 0.0958. The highest BCUT2D eigenvalue weighted by Gasteiger charge is 2.16. The number of rotatable bonds is 5. The summed E-state index contributed by atoms with van der Waals surface area (Å²) in [6, 6.07) is 11.1. The number of aromatic nitrogens is 3. The molecule has 7 nitrogen and oxygen atoms in total. The van der Waals surface area contributed by atoms with Crippen LogP contribution in [0, 0.1) is 6.92 Å². The van der Waals surface area contributed by atoms with Crippen molar-refractivity contribution >= 4 is 11.6 Å². The zero-order valence-corrected chi connectivity index (χ0v) is 15.4. The van der Waals surface area contributed by atoms with Crippen molar-refractivity contribution in [3.05, 3.63) is 88.0 Å². The minimum Gasteiger partial charge on any atom is -0.486 e. The van der Waals surface area contributed by atoms with Crippen LogP contribution in [0.1, 0.15) is 22.5 Å². The molecule has 0 saturated carbocycles. The first-order valence-electron chi connectivity index (χ1n) is 9.05. The number of hydrogen-bond acceptors (Lipinski definition) is 4. The molecule has 7 heteroatoms. The molecule has 2 heterocycles. The molecule has 28 heavy (non-hydrogen) atoms. The molecule has 1 aliphatic rings. The van der Waals surface area contributed by atoms with E-state index in [1.165, 1.54) is 16.8 Å². The van der Waals surface area contributed by atoms with Gasteiger partial charge in [-0.3, -0.25) is 14.7 Å². The van der Waals surface area contributed by atoms with Crippen LogP contribution in [0.3, 0.4) is 0 Å². The highest BCUT2D eigenvalue weighted by molar-refractivity contribution is 5.99. The predicted octanol–water partition coefficient (Wildman–Crippen LogP) is 2.39. The van der Waals surface area contributed by atoms with Crippen molar-refractivity contribution in [1.82, 2.24) is 19.9 Å². The fourth-order valence-electron chi connectivity index (χ4n) is 3.08. The molecule has 1 aliphatic carbocycles. The van der Waals surface area contributed by atoms with Crippen molar-refractivity contribution in [2.45, 2.75) is 19.4 Å². The van der Waals surface area contributed by atoms with Gasteiger partial charge in [-0.1, -0.05) is 30.4 Å². The monoisotopic (exact) mass is 376 g/mol. The molecule has 142 valence electrons. The summed E-state index contributed by atoms with van der Waals surface area (Å²) in [5.74, 6) is 0.549. The minimum atomic E-state index is -0.284. The van der Waals surface area contributed by atoms with Crippen molar-refractivity contribution in [2.24, 2.45) is 0 Å². The van der Waals surface area contributed by atoms with E-state index in [0.717, 1.165) is 17.7 Å². The maximum Gasteiger partial charge on any atom is 0.272 e. The van der Waals surface area contributed by atoms with Crippen LogP contribution in [0.2, 0.25) is 0 Å². The van der Waals surface area contributed by atoms with Gasteiger partial charge in [0.25, 0.3) is 11.5 Å². The van der Waals surface area contributed by atoms with Gasteiger partial charge in [-0.15, -0.1) is 0 Å². The lowest BCUT2D eigenvalue weighted by atomic mass is 10.0. The first kappa shape index (κ1) is 17.8. The number of carbonyl (C=O) groups is 1. The molecule has 1 amide bonds. The molecular weight excluding hydrogens is 356 g/mol. The summed E-state index contributed by atoms with van der Waals surface area (Å²) in [7, 11) is 0. The second kappa shape index (κ2) is 7.56. The van der Waals surface area contributed by atoms with Gasteiger partial charge in [0.1, 0.15) is 17.4 Å². The van der Waals surface area contributed by atoms with Crippen LogP contribution in [0.4, 0.5) is 0 Å². The Labute approximate surface area is 161 Å². The van der Waals surface area contributed by atoms with Crippen LogP contribution in [0.25, 0.3) is 5.65 Å². The molecule has 4 rings (SSSR count). The number of para-hydroxylation sites is 1. The summed E-state index contributed by atoms with van der Waals surface area (Å²) in [5.41, 5.74) is 1.99. The molecule has 1 aromatic carbocycles. The Kier molecular flexibility index (Phi) is 4.80. The van der Waals surface area contributed by atoms with Crippen LogP contribution >= 0.6 is 0 Å². The van der Waals surface area contributed by atoms with Gasteiger partial charge in [0.05, 0.1) is 0 Å². The van der Waals surface area contributed by atoms with E-state index in [-0.39, 0.29) is 17.6 Å². The number of benzene rings is 1. The molecule has 1 unspecified atom stereocenters. The molecule has 0 saturated heterocycles. The Morgan fingerprint density at radius 1 is 1.36 bits per heavy atom. The average Bonchev–Trinajstić information content (AvgIpc) is 3.12. The van der Waals surface area contributed by atoms with E-state index < -0.39 is 0 Å². The third-order valence-corrected chi connectivity index (χ3v) is 4.49. The standard InChI is InChI=1S/C21H20N4O3/c1-14-11-19(26)25-20(24-14)18(13-23-25)21(27)22-12-15-7-9-17(10-8-15)28-16-5-3-2-4-6-16/h2-9,11,13,17,23H,10,12H2,1H3,(H,22,27). The molecular formula is C21H20N4O3. The second-order valence-corrected chi connectivity index (χ2v) is 6.61. The third kappa shape index (κ3) is 3.73. The van der Waals surface area contributed by atoms with Crippen LogP contribution in [0.15, 0.2) is 71.2 Å². The van der Waals surface area contributed by atoms with Gasteiger partial charge in [-0.05, 0) is 30.7 Å². The van der Waals surface area contributed by atoms with E-state index in [4.69, 9.17) is 4.74 Å². The first-order valence-corrected chi connectivity index (χ1v) is 9.05. The number of nitrogens with one attached hydrogen (secondary N) is 2. The SMILES string of the molecule is Cc1cc(=O)n2[nH]cc(C(=O)NCC3=CCC(Oc4ccccc4)C=C3)c2n1. The quantitative estimate of drug-likeness (QED) is 0.716. The molecule has 0 fully saturated rings. The molecule has 2 aromatic heterocycles. The van der Waals surface area contributed by atoms with Gasteiger partial charge in [0.15, 0.2) is 5.65 Å². The van der Waals surface area contributed by atoms with E-state index >= 15 is 0 Å². The fourth-order valence-corrected chi connectivity index (χ4v) is 3.08. The molecule has 0 radical (unpaired) electrons. The van der Waals surface area contributed by atoms with Gasteiger partial charge >= 0.3 is 0 Å². The van der Waals surface area contributed by atoms with Crippen LogP contribution in [-0.2, 0) is 0 Å². The molecule has 2 N–H and O–H groups in total. The minimum absolute atomic E-state index is 0.0190. The van der Waals surface area contributed by atoms with Crippen molar-refractivity contribution in [1.29, 1.82) is 0 Å². The zero-order valence-electron chi connectivity index (χ0n) is 15.4. The number of aryl methyl sites for hydroxylation is 1. The average molecular weight is 376 g/mol. The van der Waals surface area contributed by atoms with E-state index in [1.807, 2.05) is 42.5 Å². The third-order valence-electron chi connectivity index (χ3n) is 4.49. The van der Waals surface area contributed by atoms with Gasteiger partial charge in [-0.2, -0.15) is 0 Å². The molecule has 0 spiro atoms. The number of aromatic amines is 1. The largest absolute Gasteiger partial charge is 0.486 e. The van der Waals surface area contributed by atoms with E-state index in [0.29, 0.717) is 23.4 Å². The van der Waals surface area contributed by atoms with Crippen molar-refractivity contribution < 1.29 is 9.53 Å². The summed E-state index contributed by atoms with van der Waals surface area (Å²) in [4.78, 5) is 28.7. The molecule has 3 aromatic rings. The Morgan fingerprint density at radius 3 is 2.93 bits per heavy atom. The number of nitrogens with zero attached hydrogens (tertiary/aromatic N) is 2. The van der Waals surface area contributed by atoms with Crippen LogP contribution < -0.4 is 15.6 Å². The topological polar surface area (TPSA) is 88.5 Å². The smallest absolute Gasteiger partial charge is 0.272 e. The first-order chi connectivity index (χ1) is 13.6. The van der Waals surface area contributed by atoms with Gasteiger partial charge < -0.3 is 10.1 Å². The van der Waals surface area contributed by atoms with Gasteiger partial charge in [-0.25, -0.2) is 9.50 Å². The zero-order chi connectivity index (χ0) is 19.5. The maximum absolute atomic E-state index is 12.5. The lowest BCUT2D eigenvalue weighted by Crippen LogP contribution is -2.27. The summed E-state index contributed by atoms with van der Waals surface area (Å²) in [6.07, 6.45) is 8.21. The lowest BCUT2D eigenvalue weighted by Gasteiger charge is -2.18. The predicted molar refractivity (Wildman–Crippen MR) is 106 cm³/mol. The van der Waals surface area contributed by atoms with Crippen LogP contribution in [0.5, 0.6) is 5.75 Å². The Bertz CT molecular complexity index is 1130. The van der Waals surface area contributed by atoms with Gasteiger partial charge in [0.2, 0.25) is 0 Å². The maximum atomic E-state index is 12.5. The number of ether oxygens (including phenoxy) is 1. The number of carbonyl (C=O) groups excluding carboxylic acids is 1. The fraction of sp³-hybridized carbons (Fsp3) is 0.190. The summed E-state index contributed by atoms with van der Waals surface area (Å²) < 4.78 is 7.15. The molecule has 0 aliphatic heterocycles. The normalized spacial score (nSPS) is 16.0. The summed E-state index contributed by atoms with van der Waals surface area (Å²) >= 11 is 0. The van der Waals surface area contributed by atoms with Crippen molar-refractivity contribution in [3.63, 3.8) is 0 Å². The highest BCUT2D eigenvalue weighted by atomic mass is 16.5. The Balaban J connectivity index is 1.37. The van der Waals surface area contributed by atoms with E-state index in [2.05, 4.69) is 21.5 Å². The van der Waals surface area contributed by atoms with E-state index in [1.54, 1.807) is 6.92 Å². The van der Waals surface area contributed by atoms with Gasteiger partial charge in [0, 0.05) is 30.9 Å². The molecule has 1 atom stereocenters. The Morgan fingerprint density at radius 2 is 2.18 bits per heavy atom. The van der Waals surface area contributed by atoms with Crippen molar-refractivity contribution in [2.75, 3.05) is 6.54 Å². The number of H-pyrrole nitrogens is 1. The highest BCUT2D eigenvalue weighted by Crippen LogP contribution is 2.18. The number of amides is 1. The summed E-state index contributed by atoms with van der Waals surface area (Å²) in [5, 5.41) is 5.64. The Hall–Kier alpha value is -3.61. The van der Waals surface area contributed by atoms with Crippen molar-refractivity contribution in [3.8, 4) is 5.75 Å². The summed E-state index contributed by atoms with van der Waals surface area (Å²) in [6.45, 7) is 2.11. The second-order valence-electron chi connectivity index (χ2n) is 6.61. The molecule has 0 bridgehead atoms. The number of fused-ring (bicyclic) bond motifs is 1. The number of hydrogen-bond donors (Lipinski definition) is 2. The van der Waals surface area contributed by atoms with Crippen LogP contribution in [-0.4, -0.2) is 33.2 Å². The van der Waals surface area contributed by atoms with E-state index in [9.17, 15) is 9.59 Å².